The predicted octanol–water partition coefficient (Wildman–Crippen LogP) is 0.0943. The summed E-state index contributed by atoms with van der Waals surface area (Å²) in [5.41, 5.74) is 2.34. The van der Waals surface area contributed by atoms with Crippen LogP contribution in [0.25, 0.3) is 0 Å². The zero-order valence-electron chi connectivity index (χ0n) is 5.28. The maximum Gasteiger partial charge on any atom is 0.196 e. The largest absolute Gasteiger partial charge is 0.305 e. The molecule has 0 amide bonds. The molecule has 3 N–H and O–H groups in total. The van der Waals surface area contributed by atoms with E-state index in [0.29, 0.717) is 11.6 Å². The highest BCUT2D eigenvalue weighted by molar-refractivity contribution is 5.56. The Kier molecular flexibility index (Phi) is 1.91. The van der Waals surface area contributed by atoms with Crippen LogP contribution in [-0.4, -0.2) is 16.7 Å². The molecule has 52 valence electrons. The zero-order chi connectivity index (χ0) is 7.40. The lowest BCUT2D eigenvalue weighted by molar-refractivity contribution is 1.14. The Hall–Kier alpha value is -1.49. The highest BCUT2D eigenvalue weighted by Gasteiger charge is 1.97. The summed E-state index contributed by atoms with van der Waals surface area (Å²) in [6.45, 7) is 3.29. The zero-order valence-corrected chi connectivity index (χ0v) is 5.28. The van der Waals surface area contributed by atoms with Crippen LogP contribution in [-0.2, 0) is 0 Å². The molecule has 0 aromatic carbocycles. The van der Waals surface area contributed by atoms with Crippen molar-refractivity contribution in [2.75, 3.05) is 5.43 Å². The van der Waals surface area contributed by atoms with Gasteiger partial charge in [0.05, 0.1) is 0 Å². The average molecular weight is 137 g/mol. The van der Waals surface area contributed by atoms with Gasteiger partial charge >= 0.3 is 0 Å². The van der Waals surface area contributed by atoms with Crippen molar-refractivity contribution in [2.24, 2.45) is 10.8 Å². The Morgan fingerprint density at radius 1 is 1.50 bits per heavy atom. The maximum atomic E-state index is 5.09. The van der Waals surface area contributed by atoms with Gasteiger partial charge in [0, 0.05) is 12.4 Å². The van der Waals surface area contributed by atoms with Crippen molar-refractivity contribution in [3.05, 3.63) is 12.4 Å². The molecule has 0 aliphatic heterocycles. The van der Waals surface area contributed by atoms with Gasteiger partial charge in [-0.05, 0) is 6.72 Å². The molecule has 1 rings (SSSR count). The van der Waals surface area contributed by atoms with E-state index in [0.717, 1.165) is 0 Å². The third kappa shape index (κ3) is 1.08. The molecule has 0 radical (unpaired) electrons. The number of nitrogens with one attached hydrogen (secondary N) is 1. The quantitative estimate of drug-likeness (QED) is 0.344. The molecular weight excluding hydrogens is 130 g/mol. The number of rotatable bonds is 2. The van der Waals surface area contributed by atoms with Crippen molar-refractivity contribution in [1.29, 1.82) is 0 Å². The summed E-state index contributed by atoms with van der Waals surface area (Å²) in [4.78, 5) is 11.2. The summed E-state index contributed by atoms with van der Waals surface area (Å²) in [6.07, 6.45) is 3.04. The lowest BCUT2D eigenvalue weighted by Gasteiger charge is -1.98. The van der Waals surface area contributed by atoms with Crippen LogP contribution in [0.3, 0.4) is 0 Å². The second-order valence-electron chi connectivity index (χ2n) is 1.53. The molecular formula is C5H7N5. The fraction of sp³-hybridized carbons (Fsp3) is 0. The Labute approximate surface area is 58.0 Å². The van der Waals surface area contributed by atoms with Crippen LogP contribution in [0.1, 0.15) is 0 Å². The van der Waals surface area contributed by atoms with Crippen molar-refractivity contribution in [1.82, 2.24) is 9.97 Å². The van der Waals surface area contributed by atoms with Gasteiger partial charge in [0.2, 0.25) is 0 Å². The number of hydrazine groups is 1. The molecule has 10 heavy (non-hydrogen) atoms. The first-order valence-electron chi connectivity index (χ1n) is 2.63. The van der Waals surface area contributed by atoms with Crippen molar-refractivity contribution in [2.45, 2.75) is 0 Å². The third-order valence-electron chi connectivity index (χ3n) is 0.965. The van der Waals surface area contributed by atoms with Crippen LogP contribution in [0.5, 0.6) is 0 Å². The van der Waals surface area contributed by atoms with E-state index in [9.17, 15) is 0 Å². The summed E-state index contributed by atoms with van der Waals surface area (Å²) in [5, 5.41) is 0. The molecule has 5 nitrogen and oxygen atoms in total. The first-order valence-corrected chi connectivity index (χ1v) is 2.63. The Morgan fingerprint density at radius 3 is 2.70 bits per heavy atom. The number of nitrogen functional groups attached to an aromatic ring is 1. The van der Waals surface area contributed by atoms with Gasteiger partial charge in [0.15, 0.2) is 11.6 Å². The number of nitrogens with zero attached hydrogens (tertiary/aromatic N) is 3. The number of hydrogen-bond donors (Lipinski definition) is 2. The van der Waals surface area contributed by atoms with Gasteiger partial charge in [-0.3, -0.25) is 0 Å². The van der Waals surface area contributed by atoms with Gasteiger partial charge in [-0.1, -0.05) is 0 Å². The number of nitrogens with two attached hydrogens (primary N) is 1. The molecule has 0 unspecified atom stereocenters. The molecule has 0 aliphatic carbocycles. The van der Waals surface area contributed by atoms with Crippen molar-refractivity contribution in [3.8, 4) is 0 Å². The van der Waals surface area contributed by atoms with Crippen LogP contribution >= 0.6 is 0 Å². The van der Waals surface area contributed by atoms with Gasteiger partial charge in [-0.15, -0.1) is 0 Å². The molecule has 0 fully saturated rings. The first-order chi connectivity index (χ1) is 4.88. The fourth-order valence-electron chi connectivity index (χ4n) is 0.548. The first kappa shape index (κ1) is 6.63. The minimum atomic E-state index is 0.407. The van der Waals surface area contributed by atoms with Crippen molar-refractivity contribution < 1.29 is 0 Å². The summed E-state index contributed by atoms with van der Waals surface area (Å²) < 4.78 is 0. The van der Waals surface area contributed by atoms with E-state index in [1.165, 1.54) is 12.4 Å². The highest BCUT2D eigenvalue weighted by atomic mass is 15.3. The Morgan fingerprint density at radius 2 is 2.20 bits per heavy atom. The number of aromatic nitrogens is 2. The molecule has 0 aliphatic rings. The second-order valence-corrected chi connectivity index (χ2v) is 1.53. The topological polar surface area (TPSA) is 76.2 Å². The normalized spacial score (nSPS) is 8.90. The fourth-order valence-corrected chi connectivity index (χ4v) is 0.548. The smallest absolute Gasteiger partial charge is 0.196 e. The average Bonchev–Trinajstić information content (AvgIpc) is 2.04. The molecule has 0 saturated heterocycles. The lowest BCUT2D eigenvalue weighted by atomic mass is 10.6. The summed E-state index contributed by atoms with van der Waals surface area (Å²) in [5.74, 6) is 5.92. The number of aliphatic imine (C=N–C) groups is 1. The Bertz CT molecular complexity index is 233. The Balaban J connectivity index is 3.08. The van der Waals surface area contributed by atoms with Crippen LogP contribution in [0.15, 0.2) is 17.4 Å². The number of anilines is 1. The third-order valence-corrected chi connectivity index (χ3v) is 0.965. The van der Waals surface area contributed by atoms with Crippen LogP contribution < -0.4 is 11.3 Å². The molecule has 1 aromatic heterocycles. The van der Waals surface area contributed by atoms with Gasteiger partial charge in [-0.2, -0.15) is 0 Å². The summed E-state index contributed by atoms with van der Waals surface area (Å²) in [6, 6.07) is 0. The predicted molar refractivity (Wildman–Crippen MR) is 39.1 cm³/mol. The van der Waals surface area contributed by atoms with Gasteiger partial charge in [0.25, 0.3) is 0 Å². The SMILES string of the molecule is C=Nc1nccnc1NN. The monoisotopic (exact) mass is 137 g/mol. The van der Waals surface area contributed by atoms with Crippen molar-refractivity contribution in [3.63, 3.8) is 0 Å². The maximum absolute atomic E-state index is 5.09. The minimum absolute atomic E-state index is 0.407. The standard InChI is InChI=1S/C5H7N5/c1-7-4-5(10-6)9-3-2-8-4/h2-3H,1,6H2,(H,9,10). The lowest BCUT2D eigenvalue weighted by Crippen LogP contribution is -2.08. The van der Waals surface area contributed by atoms with Crippen molar-refractivity contribution >= 4 is 18.4 Å². The van der Waals surface area contributed by atoms with E-state index < -0.39 is 0 Å². The van der Waals surface area contributed by atoms with Gasteiger partial charge in [0.1, 0.15) is 0 Å². The van der Waals surface area contributed by atoms with E-state index in [2.05, 4.69) is 27.1 Å². The minimum Gasteiger partial charge on any atom is -0.305 e. The van der Waals surface area contributed by atoms with E-state index in [1.54, 1.807) is 0 Å². The van der Waals surface area contributed by atoms with Gasteiger partial charge < -0.3 is 5.43 Å². The van der Waals surface area contributed by atoms with Crippen LogP contribution in [0.2, 0.25) is 0 Å². The van der Waals surface area contributed by atoms with E-state index in [1.807, 2.05) is 0 Å². The van der Waals surface area contributed by atoms with E-state index in [4.69, 9.17) is 5.84 Å². The van der Waals surface area contributed by atoms with Crippen LogP contribution in [0, 0.1) is 0 Å². The summed E-state index contributed by atoms with van der Waals surface area (Å²) >= 11 is 0. The van der Waals surface area contributed by atoms with Crippen LogP contribution in [0.4, 0.5) is 11.6 Å². The second kappa shape index (κ2) is 2.88. The molecule has 0 saturated carbocycles. The van der Waals surface area contributed by atoms with E-state index >= 15 is 0 Å². The van der Waals surface area contributed by atoms with Gasteiger partial charge in [-0.25, -0.2) is 20.8 Å². The molecule has 0 bridgehead atoms. The molecule has 5 heteroatoms. The summed E-state index contributed by atoms with van der Waals surface area (Å²) in [7, 11) is 0. The number of hydrogen-bond acceptors (Lipinski definition) is 5. The molecule has 1 heterocycles. The highest BCUT2D eigenvalue weighted by Crippen LogP contribution is 2.14. The molecule has 0 spiro atoms. The van der Waals surface area contributed by atoms with E-state index in [-0.39, 0.29) is 0 Å². The molecule has 1 aromatic rings. The molecule has 0 atom stereocenters.